The molecule has 0 radical (unpaired) electrons. The summed E-state index contributed by atoms with van der Waals surface area (Å²) in [6.07, 6.45) is 0. The molecule has 0 bridgehead atoms. The Morgan fingerprint density at radius 3 is 2.08 bits per heavy atom. The molecule has 5 nitrogen and oxygen atoms in total. The predicted octanol–water partition coefficient (Wildman–Crippen LogP) is 3.70. The van der Waals surface area contributed by atoms with E-state index in [-0.39, 0.29) is 23.8 Å². The van der Waals surface area contributed by atoms with Crippen LogP contribution in [0.3, 0.4) is 0 Å². The van der Waals surface area contributed by atoms with Crippen LogP contribution in [0.4, 0.5) is 5.69 Å². The van der Waals surface area contributed by atoms with Crippen molar-refractivity contribution in [2.45, 2.75) is 26.2 Å². The number of anilines is 1. The zero-order valence-electron chi connectivity index (χ0n) is 16.0. The molecule has 2 amide bonds. The van der Waals surface area contributed by atoms with Gasteiger partial charge in [-0.15, -0.1) is 0 Å². The molecule has 0 aliphatic heterocycles. The predicted molar refractivity (Wildman–Crippen MR) is 104 cm³/mol. The second-order valence-electron chi connectivity index (χ2n) is 7.27. The van der Waals surface area contributed by atoms with Gasteiger partial charge < -0.3 is 15.0 Å². The summed E-state index contributed by atoms with van der Waals surface area (Å²) < 4.78 is 5.08. The fourth-order valence-electron chi connectivity index (χ4n) is 2.50. The number of methoxy groups -OCH3 is 1. The highest BCUT2D eigenvalue weighted by molar-refractivity contribution is 5.99. The molecule has 0 atom stereocenters. The van der Waals surface area contributed by atoms with Gasteiger partial charge in [0.15, 0.2) is 0 Å². The Bertz CT molecular complexity index is 759. The van der Waals surface area contributed by atoms with E-state index >= 15 is 0 Å². The highest BCUT2D eigenvalue weighted by atomic mass is 16.5. The van der Waals surface area contributed by atoms with Gasteiger partial charge in [0.05, 0.1) is 13.7 Å². The molecule has 0 aliphatic rings. The van der Waals surface area contributed by atoms with E-state index < -0.39 is 0 Å². The molecular formula is C21H26N2O3. The zero-order valence-corrected chi connectivity index (χ0v) is 16.0. The number of rotatable bonds is 5. The summed E-state index contributed by atoms with van der Waals surface area (Å²) in [4.78, 5) is 26.1. The van der Waals surface area contributed by atoms with Gasteiger partial charge in [-0.05, 0) is 47.4 Å². The van der Waals surface area contributed by atoms with Gasteiger partial charge in [-0.2, -0.15) is 0 Å². The van der Waals surface area contributed by atoms with Gasteiger partial charge in [0.25, 0.3) is 5.91 Å². The van der Waals surface area contributed by atoms with E-state index in [0.29, 0.717) is 17.0 Å². The van der Waals surface area contributed by atoms with E-state index in [1.54, 1.807) is 50.6 Å². The fraction of sp³-hybridized carbons (Fsp3) is 0.333. The molecule has 1 N–H and O–H groups in total. The lowest BCUT2D eigenvalue weighted by Crippen LogP contribution is -2.35. The lowest BCUT2D eigenvalue weighted by molar-refractivity contribution is -0.116. The first-order valence-electron chi connectivity index (χ1n) is 8.50. The average molecular weight is 354 g/mol. The van der Waals surface area contributed by atoms with Crippen molar-refractivity contribution in [1.82, 2.24) is 4.90 Å². The van der Waals surface area contributed by atoms with E-state index in [1.807, 2.05) is 12.1 Å². The molecule has 138 valence electrons. The van der Waals surface area contributed by atoms with Crippen molar-refractivity contribution in [2.75, 3.05) is 26.0 Å². The van der Waals surface area contributed by atoms with Crippen LogP contribution in [-0.4, -0.2) is 37.4 Å². The van der Waals surface area contributed by atoms with Gasteiger partial charge in [-0.3, -0.25) is 9.59 Å². The summed E-state index contributed by atoms with van der Waals surface area (Å²) in [6.45, 7) is 6.35. The summed E-state index contributed by atoms with van der Waals surface area (Å²) in [5.41, 5.74) is 2.42. The lowest BCUT2D eigenvalue weighted by Gasteiger charge is -2.20. The van der Waals surface area contributed by atoms with Crippen molar-refractivity contribution in [2.24, 2.45) is 0 Å². The maximum Gasteiger partial charge on any atom is 0.254 e. The van der Waals surface area contributed by atoms with E-state index in [1.165, 1.54) is 4.90 Å². The molecule has 5 heteroatoms. The maximum atomic E-state index is 12.5. The molecule has 0 fully saturated rings. The normalized spacial score (nSPS) is 11.0. The van der Waals surface area contributed by atoms with E-state index in [9.17, 15) is 9.59 Å². The van der Waals surface area contributed by atoms with Crippen molar-refractivity contribution >= 4 is 17.5 Å². The van der Waals surface area contributed by atoms with E-state index in [2.05, 4.69) is 26.1 Å². The summed E-state index contributed by atoms with van der Waals surface area (Å²) >= 11 is 0. The first-order valence-corrected chi connectivity index (χ1v) is 8.50. The van der Waals surface area contributed by atoms with Crippen LogP contribution < -0.4 is 10.1 Å². The van der Waals surface area contributed by atoms with Crippen LogP contribution in [-0.2, 0) is 10.2 Å². The second-order valence-corrected chi connectivity index (χ2v) is 7.27. The molecule has 0 saturated carbocycles. The monoisotopic (exact) mass is 354 g/mol. The van der Waals surface area contributed by atoms with Crippen LogP contribution in [0, 0.1) is 0 Å². The molecule has 2 aromatic carbocycles. The van der Waals surface area contributed by atoms with Crippen LogP contribution in [0.1, 0.15) is 36.7 Å². The summed E-state index contributed by atoms with van der Waals surface area (Å²) in [5.74, 6) is 0.279. The third-order valence-electron chi connectivity index (χ3n) is 4.10. The van der Waals surface area contributed by atoms with Crippen molar-refractivity contribution in [3.05, 3.63) is 59.7 Å². The number of likely N-dealkylation sites (N-methyl/N-ethyl adjacent to an activating group) is 1. The second kappa shape index (κ2) is 8.04. The van der Waals surface area contributed by atoms with Crippen molar-refractivity contribution in [1.29, 1.82) is 0 Å². The number of nitrogens with zero attached hydrogens (tertiary/aromatic N) is 1. The molecule has 2 rings (SSSR count). The van der Waals surface area contributed by atoms with Crippen LogP contribution >= 0.6 is 0 Å². The largest absolute Gasteiger partial charge is 0.497 e. The first-order chi connectivity index (χ1) is 12.2. The van der Waals surface area contributed by atoms with Gasteiger partial charge >= 0.3 is 0 Å². The zero-order chi connectivity index (χ0) is 19.3. The SMILES string of the molecule is COc1ccc(NC(=O)CN(C)C(=O)c2ccc(C(C)(C)C)cc2)cc1. The number of amides is 2. The number of hydrogen-bond donors (Lipinski definition) is 1. The number of carbonyl (C=O) groups is 2. The summed E-state index contributed by atoms with van der Waals surface area (Å²) in [6, 6.07) is 14.6. The van der Waals surface area contributed by atoms with Crippen LogP contribution in [0.25, 0.3) is 0 Å². The molecule has 26 heavy (non-hydrogen) atoms. The molecular weight excluding hydrogens is 328 g/mol. The van der Waals surface area contributed by atoms with Crippen LogP contribution in [0.2, 0.25) is 0 Å². The highest BCUT2D eigenvalue weighted by Crippen LogP contribution is 2.22. The Labute approximate surface area is 155 Å². The third-order valence-corrected chi connectivity index (χ3v) is 4.10. The van der Waals surface area contributed by atoms with Crippen LogP contribution in [0.5, 0.6) is 5.75 Å². The molecule has 0 heterocycles. The minimum atomic E-state index is -0.252. The van der Waals surface area contributed by atoms with E-state index in [4.69, 9.17) is 4.74 Å². The Kier molecular flexibility index (Phi) is 6.03. The molecule has 2 aromatic rings. The Morgan fingerprint density at radius 2 is 1.58 bits per heavy atom. The number of ether oxygens (including phenoxy) is 1. The third kappa shape index (κ3) is 5.09. The number of nitrogens with one attached hydrogen (secondary N) is 1. The smallest absolute Gasteiger partial charge is 0.254 e. The Balaban J connectivity index is 1.96. The molecule has 0 saturated heterocycles. The van der Waals surface area contributed by atoms with E-state index in [0.717, 1.165) is 5.56 Å². The van der Waals surface area contributed by atoms with Gasteiger partial charge in [-0.1, -0.05) is 32.9 Å². The molecule has 0 unspecified atom stereocenters. The number of carbonyl (C=O) groups excluding carboxylic acids is 2. The minimum absolute atomic E-state index is 0.0219. The molecule has 0 aromatic heterocycles. The Hall–Kier alpha value is -2.82. The van der Waals surface area contributed by atoms with Gasteiger partial charge in [0.1, 0.15) is 5.75 Å². The summed E-state index contributed by atoms with van der Waals surface area (Å²) in [7, 11) is 3.20. The topological polar surface area (TPSA) is 58.6 Å². The van der Waals surface area contributed by atoms with Gasteiger partial charge in [0.2, 0.25) is 5.91 Å². The minimum Gasteiger partial charge on any atom is -0.497 e. The van der Waals surface area contributed by atoms with Gasteiger partial charge in [0, 0.05) is 18.3 Å². The molecule has 0 aliphatic carbocycles. The average Bonchev–Trinajstić information content (AvgIpc) is 2.61. The Morgan fingerprint density at radius 1 is 1.00 bits per heavy atom. The number of hydrogen-bond acceptors (Lipinski definition) is 3. The summed E-state index contributed by atoms with van der Waals surface area (Å²) in [5, 5.41) is 2.77. The van der Waals surface area contributed by atoms with Crippen molar-refractivity contribution in [3.63, 3.8) is 0 Å². The lowest BCUT2D eigenvalue weighted by atomic mass is 9.86. The van der Waals surface area contributed by atoms with Crippen molar-refractivity contribution < 1.29 is 14.3 Å². The van der Waals surface area contributed by atoms with Gasteiger partial charge in [-0.25, -0.2) is 0 Å². The first kappa shape index (κ1) is 19.5. The molecule has 0 spiro atoms. The maximum absolute atomic E-state index is 12.5. The van der Waals surface area contributed by atoms with Crippen molar-refractivity contribution in [3.8, 4) is 5.75 Å². The fourth-order valence-corrected chi connectivity index (χ4v) is 2.50. The standard InChI is InChI=1S/C21H26N2O3/c1-21(2,3)16-8-6-15(7-9-16)20(25)23(4)14-19(24)22-17-10-12-18(26-5)13-11-17/h6-13H,14H2,1-5H3,(H,22,24). The highest BCUT2D eigenvalue weighted by Gasteiger charge is 2.17. The van der Waals surface area contributed by atoms with Crippen LogP contribution in [0.15, 0.2) is 48.5 Å². The number of benzene rings is 2. The quantitative estimate of drug-likeness (QED) is 0.891.